The molecule has 0 aliphatic rings. The fourth-order valence-corrected chi connectivity index (χ4v) is 3.31. The quantitative estimate of drug-likeness (QED) is 0.421. The Labute approximate surface area is 169 Å². The second kappa shape index (κ2) is 7.97. The van der Waals surface area contributed by atoms with Gasteiger partial charge in [0, 0.05) is 23.5 Å². The Morgan fingerprint density at radius 2 is 1.86 bits per heavy atom. The molecule has 4 N–H and O–H groups in total. The lowest BCUT2D eigenvalue weighted by Gasteiger charge is -2.32. The molecule has 0 aliphatic heterocycles. The highest BCUT2D eigenvalue weighted by atomic mass is 16.6. The van der Waals surface area contributed by atoms with Gasteiger partial charge in [-0.25, -0.2) is 4.79 Å². The minimum atomic E-state index is -1.70. The zero-order chi connectivity index (χ0) is 21.1. The number of benzene rings is 2. The average molecular weight is 395 g/mol. The van der Waals surface area contributed by atoms with E-state index in [1.54, 1.807) is 7.11 Å². The number of methoxy groups -OCH3 is 1. The number of H-pyrrole nitrogens is 1. The molecule has 1 heterocycles. The Hall–Kier alpha value is -3.32. The van der Waals surface area contributed by atoms with Gasteiger partial charge in [0.1, 0.15) is 5.75 Å². The van der Waals surface area contributed by atoms with Crippen molar-refractivity contribution < 1.29 is 19.1 Å². The van der Waals surface area contributed by atoms with Crippen LogP contribution in [-0.2, 0) is 21.5 Å². The molecule has 2 unspecified atom stereocenters. The molecule has 0 radical (unpaired) electrons. The Kier molecular flexibility index (Phi) is 5.61. The second-order valence-corrected chi connectivity index (χ2v) is 7.41. The van der Waals surface area contributed by atoms with Gasteiger partial charge in [0.15, 0.2) is 6.29 Å². The van der Waals surface area contributed by atoms with Gasteiger partial charge in [0.2, 0.25) is 5.72 Å². The minimum Gasteiger partial charge on any atom is -0.497 e. The first-order valence-electron chi connectivity index (χ1n) is 9.22. The van der Waals surface area contributed by atoms with E-state index in [1.807, 2.05) is 61.7 Å². The van der Waals surface area contributed by atoms with Crippen molar-refractivity contribution in [2.24, 2.45) is 5.73 Å². The Morgan fingerprint density at radius 3 is 2.52 bits per heavy atom. The molecule has 3 aromatic rings. The molecule has 7 nitrogen and oxygen atoms in total. The number of carbonyl (C=O) groups is 2. The number of aldehydes is 1. The van der Waals surface area contributed by atoms with Crippen LogP contribution in [0.2, 0.25) is 0 Å². The highest BCUT2D eigenvalue weighted by molar-refractivity contribution is 5.83. The van der Waals surface area contributed by atoms with Crippen LogP contribution in [0.25, 0.3) is 10.9 Å². The third kappa shape index (κ3) is 4.57. The van der Waals surface area contributed by atoms with E-state index in [0.29, 0.717) is 18.5 Å². The van der Waals surface area contributed by atoms with Crippen LogP contribution in [0.1, 0.15) is 25.0 Å². The molecule has 0 aliphatic carbocycles. The number of rotatable bonds is 7. The topological polar surface area (TPSA) is 106 Å². The number of hydrogen-bond acceptors (Lipinski definition) is 5. The summed E-state index contributed by atoms with van der Waals surface area (Å²) in [5.74, 6) is 0.709. The van der Waals surface area contributed by atoms with E-state index in [2.05, 4.69) is 10.3 Å². The van der Waals surface area contributed by atoms with Crippen molar-refractivity contribution in [3.05, 3.63) is 65.9 Å². The first kappa shape index (κ1) is 20.4. The van der Waals surface area contributed by atoms with Crippen molar-refractivity contribution in [1.29, 1.82) is 0 Å². The van der Waals surface area contributed by atoms with E-state index < -0.39 is 17.4 Å². The summed E-state index contributed by atoms with van der Waals surface area (Å²) in [7, 11) is 1.59. The van der Waals surface area contributed by atoms with E-state index in [0.717, 1.165) is 22.0 Å². The number of nitrogens with one attached hydrogen (secondary N) is 2. The Morgan fingerprint density at radius 1 is 1.17 bits per heavy atom. The lowest BCUT2D eigenvalue weighted by atomic mass is 9.85. The summed E-state index contributed by atoms with van der Waals surface area (Å²) in [6, 6.07) is 15.4. The summed E-state index contributed by atoms with van der Waals surface area (Å²) in [4.78, 5) is 26.8. The standard InChI is InChI=1S/C22H25N3O4/c1-21(16-8-10-17(28-3)11-9-16,25-20(27)29-22(2,23)14-26)12-15-13-24-19-7-5-4-6-18(15)19/h4-11,13-14,24H,12,23H2,1-3H3,(H,25,27). The number of alkyl carbamates (subject to hydrolysis) is 1. The van der Waals surface area contributed by atoms with Crippen molar-refractivity contribution >= 4 is 23.3 Å². The zero-order valence-corrected chi connectivity index (χ0v) is 16.7. The largest absolute Gasteiger partial charge is 0.497 e. The molecular weight excluding hydrogens is 370 g/mol. The number of aromatic nitrogens is 1. The Bertz CT molecular complexity index is 1010. The van der Waals surface area contributed by atoms with Gasteiger partial charge in [-0.05, 0) is 43.2 Å². The molecule has 2 atom stereocenters. The van der Waals surface area contributed by atoms with E-state index in [1.165, 1.54) is 6.92 Å². The van der Waals surface area contributed by atoms with Crippen LogP contribution in [0.15, 0.2) is 54.7 Å². The van der Waals surface area contributed by atoms with Crippen LogP contribution >= 0.6 is 0 Å². The molecule has 1 aromatic heterocycles. The van der Waals surface area contributed by atoms with Gasteiger partial charge in [-0.3, -0.25) is 10.5 Å². The predicted molar refractivity (Wildman–Crippen MR) is 111 cm³/mol. The SMILES string of the molecule is COc1ccc(C(C)(Cc2c[nH]c3ccccc23)NC(=O)OC(C)(N)C=O)cc1. The fourth-order valence-electron chi connectivity index (χ4n) is 3.31. The first-order chi connectivity index (χ1) is 13.8. The molecule has 0 bridgehead atoms. The summed E-state index contributed by atoms with van der Waals surface area (Å²) in [5.41, 5.74) is 6.02. The third-order valence-electron chi connectivity index (χ3n) is 4.87. The molecule has 29 heavy (non-hydrogen) atoms. The molecule has 0 saturated heterocycles. The van der Waals surface area contributed by atoms with E-state index in [4.69, 9.17) is 15.2 Å². The predicted octanol–water partition coefficient (Wildman–Crippen LogP) is 3.23. The van der Waals surface area contributed by atoms with Crippen molar-refractivity contribution in [3.63, 3.8) is 0 Å². The van der Waals surface area contributed by atoms with Crippen LogP contribution in [-0.4, -0.2) is 30.2 Å². The van der Waals surface area contributed by atoms with Gasteiger partial charge >= 0.3 is 6.09 Å². The average Bonchev–Trinajstić information content (AvgIpc) is 3.10. The van der Waals surface area contributed by atoms with Crippen molar-refractivity contribution in [3.8, 4) is 5.75 Å². The molecule has 7 heteroatoms. The minimum absolute atomic E-state index is 0.386. The van der Waals surface area contributed by atoms with E-state index in [9.17, 15) is 9.59 Å². The molecule has 0 fully saturated rings. The number of nitrogens with two attached hydrogens (primary N) is 1. The van der Waals surface area contributed by atoms with Gasteiger partial charge in [0.05, 0.1) is 12.6 Å². The summed E-state index contributed by atoms with van der Waals surface area (Å²) >= 11 is 0. The van der Waals surface area contributed by atoms with Gasteiger partial charge in [-0.15, -0.1) is 0 Å². The molecule has 3 rings (SSSR count). The highest BCUT2D eigenvalue weighted by Crippen LogP contribution is 2.30. The maximum atomic E-state index is 12.5. The van der Waals surface area contributed by atoms with E-state index in [-0.39, 0.29) is 0 Å². The highest BCUT2D eigenvalue weighted by Gasteiger charge is 2.33. The van der Waals surface area contributed by atoms with E-state index >= 15 is 0 Å². The molecule has 0 saturated carbocycles. The van der Waals surface area contributed by atoms with Crippen molar-refractivity contribution in [2.45, 2.75) is 31.5 Å². The zero-order valence-electron chi connectivity index (χ0n) is 16.7. The monoisotopic (exact) mass is 395 g/mol. The number of hydrogen-bond donors (Lipinski definition) is 3. The number of ether oxygens (including phenoxy) is 2. The van der Waals surface area contributed by atoms with Gasteiger partial charge in [-0.1, -0.05) is 30.3 Å². The molecular formula is C22H25N3O4. The molecule has 152 valence electrons. The number of carbonyl (C=O) groups excluding carboxylic acids is 2. The summed E-state index contributed by atoms with van der Waals surface area (Å²) in [6.07, 6.45) is 2.02. The fraction of sp³-hybridized carbons (Fsp3) is 0.273. The van der Waals surface area contributed by atoms with Gasteiger partial charge in [0.25, 0.3) is 0 Å². The maximum Gasteiger partial charge on any atom is 0.409 e. The lowest BCUT2D eigenvalue weighted by Crippen LogP contribution is -2.51. The van der Waals surface area contributed by atoms with Crippen LogP contribution in [0, 0.1) is 0 Å². The molecule has 0 spiro atoms. The smallest absolute Gasteiger partial charge is 0.409 e. The number of fused-ring (bicyclic) bond motifs is 1. The normalized spacial score (nSPS) is 15.2. The summed E-state index contributed by atoms with van der Waals surface area (Å²) in [6.45, 7) is 3.22. The first-order valence-corrected chi connectivity index (χ1v) is 9.22. The number of aromatic amines is 1. The number of para-hydroxylation sites is 1. The van der Waals surface area contributed by atoms with Crippen LogP contribution in [0.4, 0.5) is 4.79 Å². The van der Waals surface area contributed by atoms with Gasteiger partial charge in [-0.2, -0.15) is 0 Å². The number of amides is 1. The second-order valence-electron chi connectivity index (χ2n) is 7.41. The third-order valence-corrected chi connectivity index (χ3v) is 4.87. The molecule has 1 amide bonds. The lowest BCUT2D eigenvalue weighted by molar-refractivity contribution is -0.122. The summed E-state index contributed by atoms with van der Waals surface area (Å²) in [5, 5.41) is 3.95. The van der Waals surface area contributed by atoms with Crippen LogP contribution < -0.4 is 15.8 Å². The van der Waals surface area contributed by atoms with Crippen LogP contribution in [0.5, 0.6) is 5.75 Å². The Balaban J connectivity index is 1.96. The van der Waals surface area contributed by atoms with Crippen LogP contribution in [0.3, 0.4) is 0 Å². The maximum absolute atomic E-state index is 12.5. The van der Waals surface area contributed by atoms with Crippen molar-refractivity contribution in [2.75, 3.05) is 7.11 Å². The van der Waals surface area contributed by atoms with Crippen molar-refractivity contribution in [1.82, 2.24) is 10.3 Å². The molecule has 2 aromatic carbocycles. The summed E-state index contributed by atoms with van der Waals surface area (Å²) < 4.78 is 10.3. The van der Waals surface area contributed by atoms with Gasteiger partial charge < -0.3 is 19.8 Å².